The monoisotopic (exact) mass is 303 g/mol. The molecule has 2 amide bonds. The van der Waals surface area contributed by atoms with E-state index in [1.165, 1.54) is 18.1 Å². The molecule has 0 aliphatic carbocycles. The number of hydrogen-bond acceptors (Lipinski definition) is 5. The molecule has 0 atom stereocenters. The summed E-state index contributed by atoms with van der Waals surface area (Å²) in [6.07, 6.45) is 1.40. The minimum atomic E-state index is -0.140. The number of aromatic amines is 1. The summed E-state index contributed by atoms with van der Waals surface area (Å²) in [6.45, 7) is 0.344. The summed E-state index contributed by atoms with van der Waals surface area (Å²) in [7, 11) is 1.69. The minimum absolute atomic E-state index is 0.0490. The van der Waals surface area contributed by atoms with E-state index in [0.29, 0.717) is 29.4 Å². The number of thioether (sulfide) groups is 1. The third-order valence-electron chi connectivity index (χ3n) is 3.06. The van der Waals surface area contributed by atoms with Gasteiger partial charge < -0.3 is 10.2 Å². The SMILES string of the molecule is CN(Cc1ncn[nH]1)C(=O)c1ccc2c(c1)NC(=O)CS2. The van der Waals surface area contributed by atoms with Crippen molar-refractivity contribution in [3.8, 4) is 0 Å². The lowest BCUT2D eigenvalue weighted by Crippen LogP contribution is -2.27. The van der Waals surface area contributed by atoms with E-state index >= 15 is 0 Å². The van der Waals surface area contributed by atoms with Crippen molar-refractivity contribution >= 4 is 29.3 Å². The second kappa shape index (κ2) is 5.57. The predicted molar refractivity (Wildman–Crippen MR) is 78.0 cm³/mol. The van der Waals surface area contributed by atoms with Crippen LogP contribution in [0.3, 0.4) is 0 Å². The van der Waals surface area contributed by atoms with Gasteiger partial charge in [-0.3, -0.25) is 14.7 Å². The van der Waals surface area contributed by atoms with E-state index in [2.05, 4.69) is 20.5 Å². The molecule has 0 saturated carbocycles. The number of aromatic nitrogens is 3. The highest BCUT2D eigenvalue weighted by Gasteiger charge is 2.19. The molecule has 1 aliphatic heterocycles. The van der Waals surface area contributed by atoms with Crippen molar-refractivity contribution in [3.63, 3.8) is 0 Å². The predicted octanol–water partition coefficient (Wildman–Crippen LogP) is 1.12. The summed E-state index contributed by atoms with van der Waals surface area (Å²) < 4.78 is 0. The number of rotatable bonds is 3. The van der Waals surface area contributed by atoms with Crippen molar-refractivity contribution in [3.05, 3.63) is 35.9 Å². The van der Waals surface area contributed by atoms with Crippen LogP contribution in [0, 0.1) is 0 Å². The van der Waals surface area contributed by atoms with Crippen LogP contribution in [0.5, 0.6) is 0 Å². The summed E-state index contributed by atoms with van der Waals surface area (Å²) in [4.78, 5) is 30.3. The summed E-state index contributed by atoms with van der Waals surface area (Å²) in [6, 6.07) is 5.33. The third kappa shape index (κ3) is 2.89. The van der Waals surface area contributed by atoms with Gasteiger partial charge in [0.25, 0.3) is 5.91 Å². The van der Waals surface area contributed by atoms with Crippen molar-refractivity contribution in [2.75, 3.05) is 18.1 Å². The second-order valence-corrected chi connectivity index (χ2v) is 5.66. The van der Waals surface area contributed by atoms with E-state index in [4.69, 9.17) is 0 Å². The molecule has 1 aromatic carbocycles. The number of fused-ring (bicyclic) bond motifs is 1. The maximum absolute atomic E-state index is 12.4. The molecule has 0 unspecified atom stereocenters. The molecule has 3 rings (SSSR count). The van der Waals surface area contributed by atoms with Crippen molar-refractivity contribution in [2.45, 2.75) is 11.4 Å². The molecule has 2 aromatic rings. The second-order valence-electron chi connectivity index (χ2n) is 4.64. The Morgan fingerprint density at radius 1 is 1.48 bits per heavy atom. The zero-order valence-electron chi connectivity index (χ0n) is 11.3. The van der Waals surface area contributed by atoms with Crippen LogP contribution in [0.25, 0.3) is 0 Å². The van der Waals surface area contributed by atoms with E-state index < -0.39 is 0 Å². The van der Waals surface area contributed by atoms with Gasteiger partial charge in [0.2, 0.25) is 5.91 Å². The molecule has 0 radical (unpaired) electrons. The Bertz CT molecular complexity index is 686. The van der Waals surface area contributed by atoms with E-state index in [-0.39, 0.29) is 11.8 Å². The molecule has 0 fully saturated rings. The van der Waals surface area contributed by atoms with Gasteiger partial charge in [-0.05, 0) is 18.2 Å². The van der Waals surface area contributed by atoms with E-state index in [1.807, 2.05) is 6.07 Å². The molecule has 2 heterocycles. The summed E-state index contributed by atoms with van der Waals surface area (Å²) in [5, 5.41) is 9.24. The van der Waals surface area contributed by atoms with Gasteiger partial charge in [-0.15, -0.1) is 11.8 Å². The number of carbonyl (C=O) groups is 2. The van der Waals surface area contributed by atoms with Gasteiger partial charge in [0.1, 0.15) is 12.2 Å². The first-order valence-corrected chi connectivity index (χ1v) is 7.28. The fourth-order valence-corrected chi connectivity index (χ4v) is 2.83. The minimum Gasteiger partial charge on any atom is -0.334 e. The Balaban J connectivity index is 1.78. The number of hydrogen-bond donors (Lipinski definition) is 2. The number of nitrogens with zero attached hydrogens (tertiary/aromatic N) is 3. The Hall–Kier alpha value is -2.35. The summed E-state index contributed by atoms with van der Waals surface area (Å²) in [5.41, 5.74) is 1.22. The van der Waals surface area contributed by atoms with Crippen molar-refractivity contribution in [2.24, 2.45) is 0 Å². The Labute approximate surface area is 125 Å². The van der Waals surface area contributed by atoms with Crippen LogP contribution in [0.2, 0.25) is 0 Å². The fourth-order valence-electron chi connectivity index (χ4n) is 2.04. The third-order valence-corrected chi connectivity index (χ3v) is 4.13. The van der Waals surface area contributed by atoms with Crippen molar-refractivity contribution in [1.82, 2.24) is 20.1 Å². The van der Waals surface area contributed by atoms with Crippen LogP contribution >= 0.6 is 11.8 Å². The van der Waals surface area contributed by atoms with Crippen LogP contribution in [0.15, 0.2) is 29.4 Å². The molecule has 21 heavy (non-hydrogen) atoms. The molecule has 0 bridgehead atoms. The highest BCUT2D eigenvalue weighted by Crippen LogP contribution is 2.32. The zero-order chi connectivity index (χ0) is 14.8. The zero-order valence-corrected chi connectivity index (χ0v) is 12.1. The summed E-state index contributed by atoms with van der Waals surface area (Å²) in [5.74, 6) is 0.838. The van der Waals surface area contributed by atoms with Crippen molar-refractivity contribution < 1.29 is 9.59 Å². The average molecular weight is 303 g/mol. The van der Waals surface area contributed by atoms with Crippen LogP contribution in [0.1, 0.15) is 16.2 Å². The lowest BCUT2D eigenvalue weighted by atomic mass is 10.1. The number of benzene rings is 1. The number of carbonyl (C=O) groups excluding carboxylic acids is 2. The molecular formula is C13H13N5O2S. The molecular weight excluding hydrogens is 290 g/mol. The maximum atomic E-state index is 12.4. The van der Waals surface area contributed by atoms with E-state index in [1.54, 1.807) is 24.1 Å². The molecule has 1 aromatic heterocycles. The number of anilines is 1. The Morgan fingerprint density at radius 3 is 3.10 bits per heavy atom. The summed E-state index contributed by atoms with van der Waals surface area (Å²) >= 11 is 1.47. The van der Waals surface area contributed by atoms with Gasteiger partial charge in [-0.2, -0.15) is 5.10 Å². The highest BCUT2D eigenvalue weighted by atomic mass is 32.2. The average Bonchev–Trinajstić information content (AvgIpc) is 2.98. The highest BCUT2D eigenvalue weighted by molar-refractivity contribution is 8.00. The smallest absolute Gasteiger partial charge is 0.254 e. The van der Waals surface area contributed by atoms with E-state index in [9.17, 15) is 9.59 Å². The lowest BCUT2D eigenvalue weighted by molar-refractivity contribution is -0.113. The van der Waals surface area contributed by atoms with Crippen molar-refractivity contribution in [1.29, 1.82) is 0 Å². The van der Waals surface area contributed by atoms with Gasteiger partial charge in [0.05, 0.1) is 18.0 Å². The Morgan fingerprint density at radius 2 is 2.33 bits per heavy atom. The molecule has 8 heteroatoms. The van der Waals surface area contributed by atoms with E-state index in [0.717, 1.165) is 4.90 Å². The number of nitrogens with one attached hydrogen (secondary N) is 2. The first-order chi connectivity index (χ1) is 10.1. The largest absolute Gasteiger partial charge is 0.334 e. The molecule has 2 N–H and O–H groups in total. The molecule has 1 aliphatic rings. The first kappa shape index (κ1) is 13.6. The van der Waals surface area contributed by atoms with Gasteiger partial charge in [-0.25, -0.2) is 4.98 Å². The molecule has 108 valence electrons. The molecule has 7 nitrogen and oxygen atoms in total. The Kier molecular flexibility index (Phi) is 3.61. The van der Waals surface area contributed by atoms with Gasteiger partial charge in [0, 0.05) is 17.5 Å². The van der Waals surface area contributed by atoms with Gasteiger partial charge in [-0.1, -0.05) is 0 Å². The van der Waals surface area contributed by atoms with Crippen LogP contribution in [-0.4, -0.2) is 44.7 Å². The lowest BCUT2D eigenvalue weighted by Gasteiger charge is -2.19. The number of amides is 2. The first-order valence-electron chi connectivity index (χ1n) is 6.30. The maximum Gasteiger partial charge on any atom is 0.254 e. The normalized spacial score (nSPS) is 13.5. The molecule has 0 spiro atoms. The van der Waals surface area contributed by atoms with Gasteiger partial charge >= 0.3 is 0 Å². The van der Waals surface area contributed by atoms with Gasteiger partial charge in [0.15, 0.2) is 0 Å². The van der Waals surface area contributed by atoms with Crippen LogP contribution < -0.4 is 5.32 Å². The topological polar surface area (TPSA) is 91.0 Å². The van der Waals surface area contributed by atoms with Crippen LogP contribution in [-0.2, 0) is 11.3 Å². The number of H-pyrrole nitrogens is 1. The van der Waals surface area contributed by atoms with Crippen LogP contribution in [0.4, 0.5) is 5.69 Å². The molecule has 0 saturated heterocycles. The fraction of sp³-hybridized carbons (Fsp3) is 0.231. The quantitative estimate of drug-likeness (QED) is 0.886. The standard InChI is InChI=1S/C13H13N5O2S/c1-18(5-11-14-7-15-17-11)13(20)8-2-3-10-9(4-8)16-12(19)6-21-10/h2-4,7H,5-6H2,1H3,(H,16,19)(H,14,15,17).